The maximum Gasteiger partial charge on any atom is 0.259 e. The third-order valence-corrected chi connectivity index (χ3v) is 6.18. The predicted octanol–water partition coefficient (Wildman–Crippen LogP) is 3.91. The Hall–Kier alpha value is -3.27. The lowest BCUT2D eigenvalue weighted by Crippen LogP contribution is -2.52. The van der Waals surface area contributed by atoms with Crippen LogP contribution in [0.3, 0.4) is 0 Å². The molecule has 10 heteroatoms. The summed E-state index contributed by atoms with van der Waals surface area (Å²) in [7, 11) is 0. The third-order valence-electron chi connectivity index (χ3n) is 6.18. The molecule has 0 aliphatic carbocycles. The molecule has 1 amide bonds. The average Bonchev–Trinajstić information content (AvgIpc) is 3.52. The second-order valence-electron chi connectivity index (χ2n) is 10.9. The van der Waals surface area contributed by atoms with Crippen LogP contribution >= 0.6 is 0 Å². The molecule has 0 bridgehead atoms. The molecule has 1 aliphatic rings. The molecular formula is C26H37N7O3. The highest BCUT2D eigenvalue weighted by molar-refractivity contribution is 5.98. The molecular weight excluding hydrogens is 458 g/mol. The molecule has 0 radical (unpaired) electrons. The summed E-state index contributed by atoms with van der Waals surface area (Å²) in [5.74, 6) is 3.34. The van der Waals surface area contributed by atoms with E-state index in [1.54, 1.807) is 19.4 Å². The number of amides is 1. The normalized spacial score (nSPS) is 18.4. The fourth-order valence-corrected chi connectivity index (χ4v) is 4.39. The number of carbonyl (C=O) groups excluding carboxylic acids is 1. The summed E-state index contributed by atoms with van der Waals surface area (Å²) in [6.45, 7) is 14.6. The summed E-state index contributed by atoms with van der Waals surface area (Å²) in [6.07, 6.45) is 4.03. The topological polar surface area (TPSA) is 122 Å². The van der Waals surface area contributed by atoms with E-state index in [0.29, 0.717) is 48.6 Å². The van der Waals surface area contributed by atoms with E-state index in [4.69, 9.17) is 13.8 Å². The van der Waals surface area contributed by atoms with Gasteiger partial charge in [0.05, 0.1) is 18.7 Å². The summed E-state index contributed by atoms with van der Waals surface area (Å²) in [4.78, 5) is 25.4. The van der Waals surface area contributed by atoms with Gasteiger partial charge in [0.15, 0.2) is 0 Å². The van der Waals surface area contributed by atoms with Gasteiger partial charge in [-0.3, -0.25) is 4.79 Å². The number of nitrogens with zero attached hydrogens (tertiary/aromatic N) is 5. The SMILES string of the molecule is Cc1nnc(C2CNCC(N(CC(C)C)C(=O)c3cnc(C(C)(C)C)nc3NCc3ccco3)C2)o1. The molecule has 4 heterocycles. The molecule has 194 valence electrons. The quantitative estimate of drug-likeness (QED) is 0.479. The van der Waals surface area contributed by atoms with Gasteiger partial charge >= 0.3 is 0 Å². The predicted molar refractivity (Wildman–Crippen MR) is 136 cm³/mol. The Kier molecular flexibility index (Phi) is 7.73. The Balaban J connectivity index is 1.63. The Bertz CT molecular complexity index is 1150. The summed E-state index contributed by atoms with van der Waals surface area (Å²) >= 11 is 0. The number of anilines is 1. The smallest absolute Gasteiger partial charge is 0.259 e. The van der Waals surface area contributed by atoms with Crippen LogP contribution in [0.1, 0.15) is 80.7 Å². The van der Waals surface area contributed by atoms with Crippen LogP contribution in [0.2, 0.25) is 0 Å². The van der Waals surface area contributed by atoms with Crippen LogP contribution in [0.15, 0.2) is 33.4 Å². The number of nitrogens with one attached hydrogen (secondary N) is 2. The molecule has 1 saturated heterocycles. The minimum Gasteiger partial charge on any atom is -0.467 e. The van der Waals surface area contributed by atoms with Crippen molar-refractivity contribution in [2.24, 2.45) is 5.92 Å². The van der Waals surface area contributed by atoms with Gasteiger partial charge in [-0.2, -0.15) is 0 Å². The first-order chi connectivity index (χ1) is 17.1. The van der Waals surface area contributed by atoms with Crippen LogP contribution in [0.4, 0.5) is 5.82 Å². The lowest BCUT2D eigenvalue weighted by Gasteiger charge is -2.38. The van der Waals surface area contributed by atoms with Crippen LogP contribution in [0.25, 0.3) is 0 Å². The van der Waals surface area contributed by atoms with Crippen LogP contribution in [-0.4, -0.2) is 56.6 Å². The highest BCUT2D eigenvalue weighted by atomic mass is 16.4. The average molecular weight is 496 g/mol. The number of rotatable bonds is 8. The molecule has 10 nitrogen and oxygen atoms in total. The molecule has 2 unspecified atom stereocenters. The summed E-state index contributed by atoms with van der Waals surface area (Å²) in [5.41, 5.74) is 0.189. The van der Waals surface area contributed by atoms with Crippen LogP contribution < -0.4 is 10.6 Å². The molecule has 3 aromatic heterocycles. The van der Waals surface area contributed by atoms with Gasteiger partial charge in [0.25, 0.3) is 5.91 Å². The zero-order valence-corrected chi connectivity index (χ0v) is 22.0. The minimum atomic E-state index is -0.261. The van der Waals surface area contributed by atoms with Gasteiger partial charge in [0.1, 0.15) is 23.0 Å². The van der Waals surface area contributed by atoms with Crippen LogP contribution in [-0.2, 0) is 12.0 Å². The molecule has 0 saturated carbocycles. The first-order valence-corrected chi connectivity index (χ1v) is 12.6. The lowest BCUT2D eigenvalue weighted by molar-refractivity contribution is 0.0603. The van der Waals surface area contributed by atoms with Crippen LogP contribution in [0.5, 0.6) is 0 Å². The van der Waals surface area contributed by atoms with Gasteiger partial charge in [-0.25, -0.2) is 9.97 Å². The Morgan fingerprint density at radius 1 is 1.28 bits per heavy atom. The number of hydrogen-bond acceptors (Lipinski definition) is 9. The summed E-state index contributed by atoms with van der Waals surface area (Å²) in [6, 6.07) is 3.69. The van der Waals surface area contributed by atoms with Gasteiger partial charge in [0, 0.05) is 44.2 Å². The Labute approximate surface area is 212 Å². The van der Waals surface area contributed by atoms with Crippen molar-refractivity contribution in [3.05, 3.63) is 53.5 Å². The lowest BCUT2D eigenvalue weighted by atomic mass is 9.93. The molecule has 2 N–H and O–H groups in total. The highest BCUT2D eigenvalue weighted by Gasteiger charge is 2.34. The Morgan fingerprint density at radius 2 is 2.08 bits per heavy atom. The first-order valence-electron chi connectivity index (χ1n) is 12.6. The number of aromatic nitrogens is 4. The molecule has 3 aromatic rings. The molecule has 4 rings (SSSR count). The number of piperidine rings is 1. The van der Waals surface area contributed by atoms with Gasteiger partial charge in [-0.05, 0) is 24.5 Å². The minimum absolute atomic E-state index is 0.0360. The number of aryl methyl sites for hydroxylation is 1. The molecule has 1 fully saturated rings. The van der Waals surface area contributed by atoms with Crippen molar-refractivity contribution in [1.29, 1.82) is 0 Å². The largest absolute Gasteiger partial charge is 0.467 e. The van der Waals surface area contributed by atoms with Crippen molar-refractivity contribution in [2.75, 3.05) is 25.0 Å². The van der Waals surface area contributed by atoms with E-state index in [1.165, 1.54) is 0 Å². The third kappa shape index (κ3) is 6.10. The van der Waals surface area contributed by atoms with E-state index < -0.39 is 0 Å². The summed E-state index contributed by atoms with van der Waals surface area (Å²) < 4.78 is 11.2. The standard InChI is InChI=1S/C26H37N7O3/c1-16(2)15-33(19-10-18(11-27-12-19)23-32-31-17(3)36-23)24(34)21-14-29-25(26(4,5)6)30-22(21)28-13-20-8-7-9-35-20/h7-9,14,16,18-19,27H,10-13,15H2,1-6H3,(H,28,29,30). The number of hydrogen-bond donors (Lipinski definition) is 2. The van der Waals surface area contributed by atoms with Crippen molar-refractivity contribution in [3.63, 3.8) is 0 Å². The van der Waals surface area contributed by atoms with Gasteiger partial charge in [-0.1, -0.05) is 34.6 Å². The zero-order chi connectivity index (χ0) is 25.9. The molecule has 36 heavy (non-hydrogen) atoms. The number of furan rings is 1. The maximum atomic E-state index is 14.1. The van der Waals surface area contributed by atoms with Crippen molar-refractivity contribution in [1.82, 2.24) is 30.4 Å². The van der Waals surface area contributed by atoms with E-state index in [-0.39, 0.29) is 29.2 Å². The van der Waals surface area contributed by atoms with E-state index in [2.05, 4.69) is 60.4 Å². The van der Waals surface area contributed by atoms with Crippen LogP contribution in [0, 0.1) is 12.8 Å². The monoisotopic (exact) mass is 495 g/mol. The number of carbonyl (C=O) groups is 1. The molecule has 0 spiro atoms. The zero-order valence-electron chi connectivity index (χ0n) is 22.0. The van der Waals surface area contributed by atoms with Gasteiger partial charge < -0.3 is 24.4 Å². The van der Waals surface area contributed by atoms with Gasteiger partial charge in [-0.15, -0.1) is 10.2 Å². The molecule has 1 aliphatic heterocycles. The summed E-state index contributed by atoms with van der Waals surface area (Å²) in [5, 5.41) is 15.0. The van der Waals surface area contributed by atoms with Crippen molar-refractivity contribution >= 4 is 11.7 Å². The maximum absolute atomic E-state index is 14.1. The van der Waals surface area contributed by atoms with Crippen molar-refractivity contribution in [2.45, 2.75) is 71.9 Å². The Morgan fingerprint density at radius 3 is 2.72 bits per heavy atom. The fraction of sp³-hybridized carbons (Fsp3) is 0.577. The molecule has 2 atom stereocenters. The van der Waals surface area contributed by atoms with E-state index in [9.17, 15) is 4.79 Å². The van der Waals surface area contributed by atoms with Crippen molar-refractivity contribution < 1.29 is 13.6 Å². The second-order valence-corrected chi connectivity index (χ2v) is 10.9. The fourth-order valence-electron chi connectivity index (χ4n) is 4.39. The van der Waals surface area contributed by atoms with E-state index >= 15 is 0 Å². The van der Waals surface area contributed by atoms with Crippen molar-refractivity contribution in [3.8, 4) is 0 Å². The van der Waals surface area contributed by atoms with E-state index in [1.807, 2.05) is 17.0 Å². The first kappa shape index (κ1) is 25.8. The molecule has 0 aromatic carbocycles. The highest BCUT2D eigenvalue weighted by Crippen LogP contribution is 2.28. The van der Waals surface area contributed by atoms with E-state index in [0.717, 1.165) is 18.7 Å². The second kappa shape index (κ2) is 10.8. The van der Waals surface area contributed by atoms with Gasteiger partial charge in [0.2, 0.25) is 11.8 Å².